The highest BCUT2D eigenvalue weighted by Gasteiger charge is 2.30. The summed E-state index contributed by atoms with van der Waals surface area (Å²) in [5.74, 6) is -0.219. The highest BCUT2D eigenvalue weighted by molar-refractivity contribution is 7.89. The van der Waals surface area contributed by atoms with Crippen LogP contribution in [0.1, 0.15) is 16.7 Å². The first-order chi connectivity index (χ1) is 16.0. The zero-order chi connectivity index (χ0) is 24.9. The Hall–Kier alpha value is -3.90. The number of hydrogen-bond acceptors (Lipinski definition) is 4. The van der Waals surface area contributed by atoms with E-state index in [4.69, 9.17) is 11.1 Å². The molecular formula is C22H20F3N5O3S. The molecule has 34 heavy (non-hydrogen) atoms. The summed E-state index contributed by atoms with van der Waals surface area (Å²) in [6.07, 6.45) is -4.53. The molecule has 0 unspecified atom stereocenters. The molecule has 0 aromatic heterocycles. The molecule has 0 aliphatic carbocycles. The van der Waals surface area contributed by atoms with Crippen molar-refractivity contribution >= 4 is 33.3 Å². The van der Waals surface area contributed by atoms with E-state index in [1.54, 1.807) is 24.3 Å². The second-order valence-corrected chi connectivity index (χ2v) is 8.85. The number of nitrogens with one attached hydrogen (secondary N) is 4. The summed E-state index contributed by atoms with van der Waals surface area (Å²) in [6.45, 7) is -0.329. The van der Waals surface area contributed by atoms with Crippen LogP contribution in [0.15, 0.2) is 77.7 Å². The second-order valence-electron chi connectivity index (χ2n) is 7.09. The molecule has 0 heterocycles. The van der Waals surface area contributed by atoms with Gasteiger partial charge in [-0.2, -0.15) is 13.2 Å². The third-order valence-electron chi connectivity index (χ3n) is 4.61. The van der Waals surface area contributed by atoms with Crippen molar-refractivity contribution < 1.29 is 26.4 Å². The van der Waals surface area contributed by atoms with E-state index in [-0.39, 0.29) is 28.5 Å². The monoisotopic (exact) mass is 491 g/mol. The van der Waals surface area contributed by atoms with Crippen LogP contribution >= 0.6 is 0 Å². The number of amides is 2. The van der Waals surface area contributed by atoms with Crippen molar-refractivity contribution in [3.63, 3.8) is 0 Å². The lowest BCUT2D eigenvalue weighted by molar-refractivity contribution is -0.137. The number of urea groups is 1. The van der Waals surface area contributed by atoms with Crippen molar-refractivity contribution in [2.45, 2.75) is 17.6 Å². The van der Waals surface area contributed by atoms with Gasteiger partial charge < -0.3 is 16.4 Å². The lowest BCUT2D eigenvalue weighted by Crippen LogP contribution is -2.24. The van der Waals surface area contributed by atoms with Gasteiger partial charge in [-0.1, -0.05) is 30.3 Å². The summed E-state index contributed by atoms with van der Waals surface area (Å²) in [5.41, 5.74) is 5.72. The molecule has 0 saturated heterocycles. The van der Waals surface area contributed by atoms with E-state index in [9.17, 15) is 26.4 Å². The molecule has 0 atom stereocenters. The zero-order valence-electron chi connectivity index (χ0n) is 17.5. The van der Waals surface area contributed by atoms with E-state index in [0.717, 1.165) is 12.1 Å². The van der Waals surface area contributed by atoms with Crippen molar-refractivity contribution in [3.05, 3.63) is 89.5 Å². The SMILES string of the molecule is N=C(N)c1ccccc1NC(=O)Nc1ccc(S(=O)(=O)NCc2cccc(C(F)(F)F)c2)cc1. The summed E-state index contributed by atoms with van der Waals surface area (Å²) < 4.78 is 65.7. The number of anilines is 2. The normalized spacial score (nSPS) is 11.6. The average molecular weight is 491 g/mol. The molecule has 178 valence electrons. The molecule has 0 bridgehead atoms. The Morgan fingerprint density at radius 2 is 1.62 bits per heavy atom. The number of carbonyl (C=O) groups is 1. The van der Waals surface area contributed by atoms with Crippen LogP contribution in [-0.2, 0) is 22.7 Å². The molecule has 2 amide bonds. The number of carbonyl (C=O) groups excluding carboxylic acids is 1. The van der Waals surface area contributed by atoms with Crippen LogP contribution in [0.25, 0.3) is 0 Å². The molecule has 0 radical (unpaired) electrons. The number of rotatable bonds is 7. The van der Waals surface area contributed by atoms with Gasteiger partial charge >= 0.3 is 12.2 Å². The Balaban J connectivity index is 1.63. The molecule has 0 aliphatic rings. The molecule has 8 nitrogen and oxygen atoms in total. The molecule has 0 spiro atoms. The van der Waals surface area contributed by atoms with Crippen LogP contribution in [0.2, 0.25) is 0 Å². The fraction of sp³-hybridized carbons (Fsp3) is 0.0909. The quantitative estimate of drug-likeness (QED) is 0.251. The van der Waals surface area contributed by atoms with Crippen LogP contribution in [0.4, 0.5) is 29.3 Å². The van der Waals surface area contributed by atoms with Gasteiger partial charge in [-0.05, 0) is 48.0 Å². The smallest absolute Gasteiger partial charge is 0.384 e. The first kappa shape index (κ1) is 24.7. The number of amidine groups is 1. The third kappa shape index (κ3) is 6.33. The zero-order valence-corrected chi connectivity index (χ0v) is 18.3. The summed E-state index contributed by atoms with van der Waals surface area (Å²) >= 11 is 0. The van der Waals surface area contributed by atoms with E-state index < -0.39 is 27.8 Å². The minimum Gasteiger partial charge on any atom is -0.384 e. The third-order valence-corrected chi connectivity index (χ3v) is 6.03. The number of alkyl halides is 3. The number of para-hydroxylation sites is 1. The standard InChI is InChI=1S/C22H20F3N5O3S/c23-22(24,25)15-5-3-4-14(12-15)13-28-34(32,33)17-10-8-16(9-11-17)29-21(31)30-19-7-2-1-6-18(19)20(26)27/h1-12,28H,13H2,(H3,26,27)(H2,29,30,31). The predicted octanol–water partition coefficient (Wildman–Crippen LogP) is 4.11. The van der Waals surface area contributed by atoms with Gasteiger partial charge in [0.15, 0.2) is 0 Å². The van der Waals surface area contributed by atoms with Crippen LogP contribution in [0.5, 0.6) is 0 Å². The van der Waals surface area contributed by atoms with Gasteiger partial charge in [0.05, 0.1) is 16.1 Å². The van der Waals surface area contributed by atoms with E-state index in [0.29, 0.717) is 11.3 Å². The highest BCUT2D eigenvalue weighted by atomic mass is 32.2. The van der Waals surface area contributed by atoms with Gasteiger partial charge in [-0.3, -0.25) is 5.41 Å². The lowest BCUT2D eigenvalue weighted by atomic mass is 10.1. The summed E-state index contributed by atoms with van der Waals surface area (Å²) in [6, 6.07) is 15.4. The van der Waals surface area contributed by atoms with Crippen molar-refractivity contribution in [3.8, 4) is 0 Å². The van der Waals surface area contributed by atoms with Gasteiger partial charge in [0.25, 0.3) is 0 Å². The maximum absolute atomic E-state index is 12.8. The number of nitrogen functional groups attached to an aromatic ring is 1. The van der Waals surface area contributed by atoms with Crippen molar-refractivity contribution in [1.29, 1.82) is 5.41 Å². The Kier molecular flexibility index (Phi) is 7.23. The van der Waals surface area contributed by atoms with Crippen LogP contribution in [0, 0.1) is 5.41 Å². The molecule has 0 fully saturated rings. The number of nitrogens with two attached hydrogens (primary N) is 1. The maximum atomic E-state index is 12.8. The van der Waals surface area contributed by atoms with Crippen LogP contribution in [0.3, 0.4) is 0 Å². The lowest BCUT2D eigenvalue weighted by Gasteiger charge is -2.12. The molecule has 0 aliphatic heterocycles. The molecule has 6 N–H and O–H groups in total. The van der Waals surface area contributed by atoms with Crippen molar-refractivity contribution in [2.24, 2.45) is 5.73 Å². The van der Waals surface area contributed by atoms with E-state index in [1.165, 1.54) is 36.4 Å². The van der Waals surface area contributed by atoms with Crippen molar-refractivity contribution in [1.82, 2.24) is 4.72 Å². The largest absolute Gasteiger partial charge is 0.416 e. The topological polar surface area (TPSA) is 137 Å². The van der Waals surface area contributed by atoms with Gasteiger partial charge in [-0.25, -0.2) is 17.9 Å². The highest BCUT2D eigenvalue weighted by Crippen LogP contribution is 2.29. The Morgan fingerprint density at radius 3 is 2.26 bits per heavy atom. The first-order valence-electron chi connectivity index (χ1n) is 9.73. The fourth-order valence-corrected chi connectivity index (χ4v) is 3.97. The van der Waals surface area contributed by atoms with E-state index in [1.807, 2.05) is 0 Å². The van der Waals surface area contributed by atoms with Crippen LogP contribution < -0.4 is 21.1 Å². The molecule has 12 heteroatoms. The number of halogens is 3. The molecule has 3 aromatic carbocycles. The Morgan fingerprint density at radius 1 is 0.941 bits per heavy atom. The Labute approximate surface area is 193 Å². The minimum absolute atomic E-state index is 0.132. The Bertz CT molecular complexity index is 1310. The molecule has 3 rings (SSSR count). The second kappa shape index (κ2) is 9.93. The van der Waals surface area contributed by atoms with Gasteiger partial charge in [0.1, 0.15) is 5.84 Å². The van der Waals surface area contributed by atoms with Crippen LogP contribution in [-0.4, -0.2) is 20.3 Å². The van der Waals surface area contributed by atoms with Gasteiger partial charge in [0, 0.05) is 17.8 Å². The minimum atomic E-state index is -4.53. The maximum Gasteiger partial charge on any atom is 0.416 e. The summed E-state index contributed by atoms with van der Waals surface area (Å²) in [7, 11) is -4.01. The predicted molar refractivity (Wildman–Crippen MR) is 122 cm³/mol. The van der Waals surface area contributed by atoms with E-state index >= 15 is 0 Å². The molecule has 0 saturated carbocycles. The molecular weight excluding hydrogens is 471 g/mol. The summed E-state index contributed by atoms with van der Waals surface area (Å²) in [5, 5.41) is 12.6. The number of sulfonamides is 1. The number of benzene rings is 3. The van der Waals surface area contributed by atoms with Crippen molar-refractivity contribution in [2.75, 3.05) is 10.6 Å². The van der Waals surface area contributed by atoms with Gasteiger partial charge in [0.2, 0.25) is 10.0 Å². The molecule has 3 aromatic rings. The number of hydrogen-bond donors (Lipinski definition) is 5. The van der Waals surface area contributed by atoms with E-state index in [2.05, 4.69) is 15.4 Å². The van der Waals surface area contributed by atoms with Gasteiger partial charge in [-0.15, -0.1) is 0 Å². The summed E-state index contributed by atoms with van der Waals surface area (Å²) in [4.78, 5) is 12.1. The average Bonchev–Trinajstić information content (AvgIpc) is 2.78. The fourth-order valence-electron chi connectivity index (χ4n) is 2.95. The first-order valence-corrected chi connectivity index (χ1v) is 11.2.